The summed E-state index contributed by atoms with van der Waals surface area (Å²) in [5, 5.41) is 0. The highest BCUT2D eigenvalue weighted by atomic mass is 32.3. The smallest absolute Gasteiger partial charge is 0.338 e. The quantitative estimate of drug-likeness (QED) is 0.474. The van der Waals surface area contributed by atoms with E-state index in [9.17, 15) is 4.79 Å². The Kier molecular flexibility index (Phi) is 6.04. The lowest BCUT2D eigenvalue weighted by atomic mass is 10.7. The van der Waals surface area contributed by atoms with E-state index in [4.69, 9.17) is 4.18 Å². The van der Waals surface area contributed by atoms with E-state index in [0.717, 1.165) is 17.3 Å². The predicted octanol–water partition coefficient (Wildman–Crippen LogP) is 2.80. The van der Waals surface area contributed by atoms with Crippen LogP contribution in [0.15, 0.2) is 38.0 Å². The second-order valence-corrected chi connectivity index (χ2v) is 6.03. The molecule has 0 atom stereocenters. The predicted molar refractivity (Wildman–Crippen MR) is 66.5 cm³/mol. The van der Waals surface area contributed by atoms with Gasteiger partial charge in [-0.1, -0.05) is 18.2 Å². The fraction of sp³-hybridized carbons (Fsp3) is 0.364. The Morgan fingerprint density at radius 2 is 1.50 bits per heavy atom. The minimum Gasteiger partial charge on any atom is -0.338 e. The summed E-state index contributed by atoms with van der Waals surface area (Å²) < 4.78 is 5.50. The van der Waals surface area contributed by atoms with Crippen LogP contribution in [0.5, 0.6) is 0 Å². The van der Waals surface area contributed by atoms with Crippen LogP contribution in [0.4, 0.5) is 0 Å². The van der Waals surface area contributed by atoms with Crippen LogP contribution >= 0.6 is 10.3 Å². The van der Waals surface area contributed by atoms with Gasteiger partial charge in [-0.05, 0) is 0 Å². The van der Waals surface area contributed by atoms with E-state index in [1.165, 1.54) is 6.92 Å². The van der Waals surface area contributed by atoms with Crippen molar-refractivity contribution in [3.8, 4) is 0 Å². The van der Waals surface area contributed by atoms with Gasteiger partial charge < -0.3 is 4.79 Å². The van der Waals surface area contributed by atoms with Gasteiger partial charge in [0.2, 0.25) is 0 Å². The first-order valence-electron chi connectivity index (χ1n) is 4.41. The zero-order chi connectivity index (χ0) is 11.0. The summed E-state index contributed by atoms with van der Waals surface area (Å²) in [6, 6.07) is 0. The molecule has 0 heterocycles. The molecule has 0 aromatic heterocycles. The molecule has 0 fully saturated rings. The van der Waals surface area contributed by atoms with Crippen molar-refractivity contribution in [2.75, 3.05) is 17.3 Å². The van der Waals surface area contributed by atoms with E-state index in [1.54, 1.807) is 0 Å². The largest absolute Gasteiger partial charge is 0.491 e. The monoisotopic (exact) mass is 215 g/mol. The van der Waals surface area contributed by atoms with Crippen LogP contribution in [0, 0.1) is 0 Å². The van der Waals surface area contributed by atoms with Crippen molar-refractivity contribution in [2.24, 2.45) is 0 Å². The van der Waals surface area contributed by atoms with Gasteiger partial charge in [-0.15, -0.1) is 19.7 Å². The number of carbonyl (C=O) groups excluding carboxylic acids is 1. The first-order chi connectivity index (χ1) is 6.60. The third kappa shape index (κ3) is 4.33. The molecule has 0 aliphatic carbocycles. The molecule has 0 aromatic rings. The Bertz CT molecular complexity index is 207. The van der Waals surface area contributed by atoms with Crippen molar-refractivity contribution < 1.29 is 8.98 Å². The van der Waals surface area contributed by atoms with Crippen molar-refractivity contribution in [1.82, 2.24) is 0 Å². The summed E-state index contributed by atoms with van der Waals surface area (Å²) >= 11 is 0. The molecule has 0 saturated heterocycles. The fourth-order valence-electron chi connectivity index (χ4n) is 1.21. The van der Waals surface area contributed by atoms with Crippen LogP contribution in [0.3, 0.4) is 0 Å². The SMILES string of the molecule is C=CCS(CC=C)(CC=C)OC(C)=[OH+]. The third-order valence-corrected chi connectivity index (χ3v) is 4.69. The van der Waals surface area contributed by atoms with E-state index >= 15 is 0 Å². The Balaban J connectivity index is 4.69. The zero-order valence-electron chi connectivity index (χ0n) is 8.74. The summed E-state index contributed by atoms with van der Waals surface area (Å²) in [7, 11) is -1.39. The first-order valence-corrected chi connectivity index (χ1v) is 6.48. The maximum Gasteiger partial charge on any atom is 0.491 e. The summed E-state index contributed by atoms with van der Waals surface area (Å²) in [5.41, 5.74) is 0. The molecule has 0 aromatic carbocycles. The van der Waals surface area contributed by atoms with E-state index in [-0.39, 0.29) is 5.97 Å². The minimum absolute atomic E-state index is 0.00514. The summed E-state index contributed by atoms with van der Waals surface area (Å²) in [6.07, 6.45) is 5.43. The van der Waals surface area contributed by atoms with Crippen molar-refractivity contribution in [2.45, 2.75) is 6.92 Å². The van der Waals surface area contributed by atoms with E-state index in [2.05, 4.69) is 19.7 Å². The lowest BCUT2D eigenvalue weighted by molar-refractivity contribution is 0.500. The summed E-state index contributed by atoms with van der Waals surface area (Å²) in [4.78, 5) is 9.18. The molecule has 80 valence electrons. The van der Waals surface area contributed by atoms with Gasteiger partial charge in [0, 0.05) is 10.3 Å². The highest BCUT2D eigenvalue weighted by Crippen LogP contribution is 2.49. The summed E-state index contributed by atoms with van der Waals surface area (Å²) in [6.45, 7) is 12.6. The molecule has 0 saturated carbocycles. The third-order valence-electron chi connectivity index (χ3n) is 1.56. The molecule has 0 aliphatic heterocycles. The van der Waals surface area contributed by atoms with Crippen LogP contribution in [-0.2, 0) is 4.18 Å². The number of hydrogen-bond acceptors (Lipinski definition) is 1. The zero-order valence-corrected chi connectivity index (χ0v) is 9.55. The molecule has 2 nitrogen and oxygen atoms in total. The molecule has 0 bridgehead atoms. The molecule has 0 amide bonds. The molecule has 0 aliphatic rings. The molecule has 0 unspecified atom stereocenters. The second-order valence-electron chi connectivity index (χ2n) is 2.93. The van der Waals surface area contributed by atoms with Crippen LogP contribution < -0.4 is 0 Å². The second kappa shape index (κ2) is 6.49. The van der Waals surface area contributed by atoms with Crippen molar-refractivity contribution in [3.63, 3.8) is 0 Å². The van der Waals surface area contributed by atoms with Crippen LogP contribution in [-0.4, -0.2) is 28.0 Å². The van der Waals surface area contributed by atoms with Gasteiger partial charge in [0.25, 0.3) is 0 Å². The topological polar surface area (TPSA) is 30.6 Å². The average Bonchev–Trinajstić information content (AvgIpc) is 2.03. The van der Waals surface area contributed by atoms with Gasteiger partial charge in [-0.25, -0.2) is 0 Å². The van der Waals surface area contributed by atoms with Crippen molar-refractivity contribution in [3.05, 3.63) is 38.0 Å². The van der Waals surface area contributed by atoms with Crippen molar-refractivity contribution in [1.29, 1.82) is 0 Å². The van der Waals surface area contributed by atoms with Gasteiger partial charge >= 0.3 is 5.97 Å². The lowest BCUT2D eigenvalue weighted by Crippen LogP contribution is -2.16. The summed E-state index contributed by atoms with van der Waals surface area (Å²) in [5.74, 6) is 2.22. The van der Waals surface area contributed by atoms with Gasteiger partial charge in [0.15, 0.2) is 0 Å². The van der Waals surface area contributed by atoms with Gasteiger partial charge in [-0.2, -0.15) is 0 Å². The lowest BCUT2D eigenvalue weighted by Gasteiger charge is -2.28. The van der Waals surface area contributed by atoms with Crippen molar-refractivity contribution >= 4 is 16.3 Å². The first kappa shape index (κ1) is 13.0. The molecule has 0 radical (unpaired) electrons. The average molecular weight is 215 g/mol. The minimum atomic E-state index is -1.39. The molecular weight excluding hydrogens is 196 g/mol. The van der Waals surface area contributed by atoms with Crippen LogP contribution in [0.25, 0.3) is 0 Å². The molecular formula is C11H19O2S+. The Hall–Kier alpha value is -0.960. The highest BCUT2D eigenvalue weighted by Gasteiger charge is 2.30. The standard InChI is InChI=1S/C11H18O2S/c1-5-8-14(9-6-2,10-7-3)13-11(4)12/h5-7H,1-3,8-10H2,4H3/p+1. The van der Waals surface area contributed by atoms with Gasteiger partial charge in [0.05, 0.1) is 24.2 Å². The number of hydrogen-bond donors (Lipinski definition) is 0. The fourth-order valence-corrected chi connectivity index (χ4v) is 3.62. The molecule has 0 rings (SSSR count). The van der Waals surface area contributed by atoms with Crippen LogP contribution in [0.1, 0.15) is 6.92 Å². The maximum absolute atomic E-state index is 9.18. The van der Waals surface area contributed by atoms with Gasteiger partial charge in [-0.3, -0.25) is 4.18 Å². The highest BCUT2D eigenvalue weighted by molar-refractivity contribution is 8.30. The van der Waals surface area contributed by atoms with E-state index < -0.39 is 10.3 Å². The Morgan fingerprint density at radius 1 is 1.14 bits per heavy atom. The maximum atomic E-state index is 9.18. The van der Waals surface area contributed by atoms with Crippen LogP contribution in [0.2, 0.25) is 0 Å². The number of rotatable bonds is 7. The molecule has 14 heavy (non-hydrogen) atoms. The normalized spacial score (nSPS) is 11.5. The molecule has 1 N–H and O–H groups in total. The Morgan fingerprint density at radius 3 is 1.71 bits per heavy atom. The van der Waals surface area contributed by atoms with E-state index in [0.29, 0.717) is 0 Å². The molecule has 0 spiro atoms. The van der Waals surface area contributed by atoms with Gasteiger partial charge in [0.1, 0.15) is 0 Å². The van der Waals surface area contributed by atoms with E-state index in [1.807, 2.05) is 18.2 Å². The Labute approximate surface area is 87.9 Å². The molecule has 3 heteroatoms.